The third-order valence-electron chi connectivity index (χ3n) is 2.15. The molecule has 17 heavy (non-hydrogen) atoms. The zero-order chi connectivity index (χ0) is 13.1. The Labute approximate surface area is 119 Å². The van der Waals surface area contributed by atoms with Crippen LogP contribution in [0.5, 0.6) is 0 Å². The van der Waals surface area contributed by atoms with Crippen LogP contribution in [0.1, 0.15) is 0 Å². The highest BCUT2D eigenvalue weighted by molar-refractivity contribution is 9.13. The summed E-state index contributed by atoms with van der Waals surface area (Å²) in [5.74, 6) is 0. The Morgan fingerprint density at radius 1 is 1.41 bits per heavy atom. The van der Waals surface area contributed by atoms with Gasteiger partial charge in [-0.2, -0.15) is 5.10 Å². The molecule has 96 valence electrons. The summed E-state index contributed by atoms with van der Waals surface area (Å²) in [5.41, 5.74) is -0.188. The zero-order valence-electron chi connectivity index (χ0n) is 10.2. The lowest BCUT2D eigenvalue weighted by molar-refractivity contribution is 0.0747. The number of rotatable bonds is 5. The molecule has 0 spiro atoms. The van der Waals surface area contributed by atoms with Crippen molar-refractivity contribution in [3.05, 3.63) is 25.5 Å². The lowest BCUT2D eigenvalue weighted by Gasteiger charge is -2.15. The molecule has 0 aliphatic carbocycles. The van der Waals surface area contributed by atoms with Crippen LogP contribution in [0, 0.1) is 0 Å². The summed E-state index contributed by atoms with van der Waals surface area (Å²) in [7, 11) is -1.08. The Hall–Kier alpha value is 0.0169. The predicted octanol–water partition coefficient (Wildman–Crippen LogP) is 3.08. The van der Waals surface area contributed by atoms with Crippen molar-refractivity contribution in [3.8, 4) is 0 Å². The monoisotopic (exact) mass is 382 g/mol. The van der Waals surface area contributed by atoms with Gasteiger partial charge in [0.05, 0.1) is 10.7 Å². The molecule has 0 bridgehead atoms. The zero-order valence-corrected chi connectivity index (χ0v) is 14.3. The van der Waals surface area contributed by atoms with Crippen molar-refractivity contribution in [2.45, 2.75) is 32.4 Å². The van der Waals surface area contributed by atoms with Crippen LogP contribution >= 0.6 is 31.9 Å². The Balaban J connectivity index is 2.54. The first kappa shape index (κ1) is 15.1. The number of ether oxygens (including phenoxy) is 1. The molecule has 1 heterocycles. The minimum Gasteiger partial charge on any atom is -0.359 e. The van der Waals surface area contributed by atoms with Gasteiger partial charge in [0.2, 0.25) is 0 Å². The molecule has 0 aliphatic rings. The first-order valence-corrected chi connectivity index (χ1v) is 10.6. The summed E-state index contributed by atoms with van der Waals surface area (Å²) < 4.78 is 7.90. The Kier molecular flexibility index (Phi) is 5.55. The van der Waals surface area contributed by atoms with Gasteiger partial charge < -0.3 is 4.74 Å². The van der Waals surface area contributed by atoms with Crippen LogP contribution in [0.4, 0.5) is 0 Å². The normalized spacial score (nSPS) is 11.8. The van der Waals surface area contributed by atoms with E-state index in [9.17, 15) is 4.79 Å². The van der Waals surface area contributed by atoms with Crippen molar-refractivity contribution >= 4 is 39.9 Å². The maximum Gasteiger partial charge on any atom is 0.284 e. The summed E-state index contributed by atoms with van der Waals surface area (Å²) in [4.78, 5) is 11.7. The van der Waals surface area contributed by atoms with Crippen LogP contribution in [0.25, 0.3) is 0 Å². The third kappa shape index (κ3) is 5.03. The second-order valence-corrected chi connectivity index (χ2v) is 12.2. The molecule has 1 rings (SSSR count). The van der Waals surface area contributed by atoms with Crippen molar-refractivity contribution in [3.63, 3.8) is 0 Å². The lowest BCUT2D eigenvalue weighted by atomic mass is 10.6. The van der Waals surface area contributed by atoms with E-state index >= 15 is 0 Å². The molecule has 0 N–H and O–H groups in total. The highest BCUT2D eigenvalue weighted by Gasteiger charge is 2.12. The summed E-state index contributed by atoms with van der Waals surface area (Å²) in [6.45, 7) is 7.75. The number of hydrogen-bond donors (Lipinski definition) is 0. The van der Waals surface area contributed by atoms with E-state index in [2.05, 4.69) is 56.6 Å². The summed E-state index contributed by atoms with van der Waals surface area (Å²) in [5, 5.41) is 3.99. The van der Waals surface area contributed by atoms with Gasteiger partial charge in [-0.3, -0.25) is 4.79 Å². The molecule has 0 atom stereocenters. The quantitative estimate of drug-likeness (QED) is 0.579. The van der Waals surface area contributed by atoms with E-state index in [1.807, 2.05) is 0 Å². The molecule has 4 nitrogen and oxygen atoms in total. The van der Waals surface area contributed by atoms with Crippen molar-refractivity contribution in [2.75, 3.05) is 6.61 Å². The summed E-state index contributed by atoms with van der Waals surface area (Å²) in [6, 6.07) is 1.08. The molecule has 0 amide bonds. The second kappa shape index (κ2) is 6.26. The summed E-state index contributed by atoms with van der Waals surface area (Å²) >= 11 is 6.43. The molecule has 1 aromatic heterocycles. The van der Waals surface area contributed by atoms with Gasteiger partial charge >= 0.3 is 0 Å². The number of aromatic nitrogens is 2. The Morgan fingerprint density at radius 2 is 2.06 bits per heavy atom. The highest BCUT2D eigenvalue weighted by atomic mass is 79.9. The lowest BCUT2D eigenvalue weighted by Crippen LogP contribution is -2.26. The molecule has 0 unspecified atom stereocenters. The van der Waals surface area contributed by atoms with Crippen LogP contribution in [0.3, 0.4) is 0 Å². The van der Waals surface area contributed by atoms with Crippen LogP contribution in [-0.2, 0) is 11.5 Å². The fraction of sp³-hybridized carbons (Fsp3) is 0.600. The van der Waals surface area contributed by atoms with Gasteiger partial charge in [-0.25, -0.2) is 4.68 Å². The van der Waals surface area contributed by atoms with Gasteiger partial charge in [0.25, 0.3) is 5.56 Å². The molecule has 0 saturated heterocycles. The molecular formula is C10H16Br2N2O2Si. The van der Waals surface area contributed by atoms with Gasteiger partial charge in [-0.15, -0.1) is 0 Å². The first-order valence-electron chi connectivity index (χ1n) is 5.30. The molecule has 0 fully saturated rings. The van der Waals surface area contributed by atoms with Gasteiger partial charge in [0.15, 0.2) is 0 Å². The maximum atomic E-state index is 11.7. The van der Waals surface area contributed by atoms with E-state index in [-0.39, 0.29) is 12.3 Å². The average Bonchev–Trinajstić information content (AvgIpc) is 2.22. The van der Waals surface area contributed by atoms with Crippen molar-refractivity contribution in [1.29, 1.82) is 0 Å². The average molecular weight is 384 g/mol. The number of hydrogen-bond acceptors (Lipinski definition) is 3. The van der Waals surface area contributed by atoms with Crippen molar-refractivity contribution in [1.82, 2.24) is 9.78 Å². The number of nitrogens with zero attached hydrogens (tertiary/aromatic N) is 2. The van der Waals surface area contributed by atoms with E-state index in [4.69, 9.17) is 4.74 Å². The smallest absolute Gasteiger partial charge is 0.284 e. The van der Waals surface area contributed by atoms with E-state index in [1.54, 1.807) is 6.20 Å². The fourth-order valence-electron chi connectivity index (χ4n) is 1.07. The van der Waals surface area contributed by atoms with Crippen LogP contribution < -0.4 is 5.56 Å². The summed E-state index contributed by atoms with van der Waals surface area (Å²) in [6.07, 6.45) is 1.58. The second-order valence-electron chi connectivity index (χ2n) is 4.96. The van der Waals surface area contributed by atoms with E-state index in [1.165, 1.54) is 4.68 Å². The van der Waals surface area contributed by atoms with Crippen LogP contribution in [0.15, 0.2) is 19.9 Å². The minimum absolute atomic E-state index is 0.188. The molecule has 0 radical (unpaired) electrons. The SMILES string of the molecule is C[Si](C)(C)CCOCn1ncc(Br)c(Br)c1=O. The molecule has 1 aromatic rings. The molecule has 0 aliphatic heterocycles. The van der Waals surface area contributed by atoms with Gasteiger partial charge in [0.1, 0.15) is 11.2 Å². The van der Waals surface area contributed by atoms with Crippen molar-refractivity contribution in [2.24, 2.45) is 0 Å². The largest absolute Gasteiger partial charge is 0.359 e. The van der Waals surface area contributed by atoms with Crippen LogP contribution in [0.2, 0.25) is 25.7 Å². The van der Waals surface area contributed by atoms with Gasteiger partial charge in [-0.1, -0.05) is 19.6 Å². The standard InChI is InChI=1S/C10H16Br2N2O2Si/c1-17(2,3)5-4-16-7-14-10(15)9(12)8(11)6-13-14/h6H,4-5,7H2,1-3H3. The molecule has 7 heteroatoms. The maximum absolute atomic E-state index is 11.7. The first-order chi connectivity index (χ1) is 7.81. The third-order valence-corrected chi connectivity index (χ3v) is 5.76. The predicted molar refractivity (Wildman–Crippen MR) is 78.0 cm³/mol. The molecular weight excluding hydrogens is 368 g/mol. The highest BCUT2D eigenvalue weighted by Crippen LogP contribution is 2.16. The van der Waals surface area contributed by atoms with E-state index in [0.717, 1.165) is 6.04 Å². The van der Waals surface area contributed by atoms with Crippen molar-refractivity contribution < 1.29 is 4.74 Å². The fourth-order valence-corrected chi connectivity index (χ4v) is 2.39. The number of halogens is 2. The van der Waals surface area contributed by atoms with E-state index < -0.39 is 8.07 Å². The minimum atomic E-state index is -1.08. The topological polar surface area (TPSA) is 44.1 Å². The van der Waals surface area contributed by atoms with E-state index in [0.29, 0.717) is 15.6 Å². The molecule has 0 aromatic carbocycles. The Bertz CT molecular complexity index is 443. The molecule has 0 saturated carbocycles. The van der Waals surface area contributed by atoms with Gasteiger partial charge in [-0.05, 0) is 37.9 Å². The Morgan fingerprint density at radius 3 is 2.65 bits per heavy atom. The van der Waals surface area contributed by atoms with Gasteiger partial charge in [0, 0.05) is 14.7 Å². The van der Waals surface area contributed by atoms with Crippen LogP contribution in [-0.4, -0.2) is 24.5 Å².